The SMILES string of the molecule is CCOC(=O)c1c(C)[nH]c(C(=O)NCCCc2nnc(SC)n2C2CCCC2)c1C. The Hall–Kier alpha value is -2.29. The number of carbonyl (C=O) groups excluding carboxylic acids is 2. The molecular weight excluding hydrogens is 402 g/mol. The Bertz CT molecular complexity index is 899. The van der Waals surface area contributed by atoms with Crippen LogP contribution in [0.25, 0.3) is 0 Å². The van der Waals surface area contributed by atoms with E-state index >= 15 is 0 Å². The Morgan fingerprint density at radius 2 is 2.00 bits per heavy atom. The standard InChI is InChI=1S/C21H31N5O3S/c1-5-29-20(28)17-13(2)18(23-14(17)3)19(27)22-12-8-11-16-24-25-21(30-4)26(16)15-9-6-7-10-15/h15,23H,5-12H2,1-4H3,(H,22,27). The molecule has 164 valence electrons. The van der Waals surface area contributed by atoms with E-state index < -0.39 is 5.97 Å². The number of carbonyl (C=O) groups is 2. The van der Waals surface area contributed by atoms with Crippen LogP contribution in [0.5, 0.6) is 0 Å². The third kappa shape index (κ3) is 4.71. The zero-order valence-corrected chi connectivity index (χ0v) is 19.0. The van der Waals surface area contributed by atoms with Crippen LogP contribution in [0.3, 0.4) is 0 Å². The lowest BCUT2D eigenvalue weighted by Gasteiger charge is -2.16. The van der Waals surface area contributed by atoms with Gasteiger partial charge >= 0.3 is 5.97 Å². The fourth-order valence-corrected chi connectivity index (χ4v) is 4.74. The second kappa shape index (κ2) is 10.1. The van der Waals surface area contributed by atoms with Gasteiger partial charge in [-0.1, -0.05) is 24.6 Å². The summed E-state index contributed by atoms with van der Waals surface area (Å²) in [5.41, 5.74) is 2.12. The second-order valence-electron chi connectivity index (χ2n) is 7.62. The Morgan fingerprint density at radius 1 is 1.27 bits per heavy atom. The van der Waals surface area contributed by atoms with Gasteiger partial charge in [0, 0.05) is 24.7 Å². The summed E-state index contributed by atoms with van der Waals surface area (Å²) in [6.45, 7) is 6.12. The first-order valence-corrected chi connectivity index (χ1v) is 11.8. The number of aromatic nitrogens is 4. The third-order valence-electron chi connectivity index (χ3n) is 5.61. The molecule has 2 aromatic rings. The van der Waals surface area contributed by atoms with Gasteiger partial charge in [0.15, 0.2) is 5.16 Å². The highest BCUT2D eigenvalue weighted by molar-refractivity contribution is 7.98. The fraction of sp³-hybridized carbons (Fsp3) is 0.619. The Labute approximate surface area is 181 Å². The average molecular weight is 434 g/mol. The normalized spacial score (nSPS) is 14.3. The molecular formula is C21H31N5O3S. The van der Waals surface area contributed by atoms with Gasteiger partial charge in [0.1, 0.15) is 11.5 Å². The summed E-state index contributed by atoms with van der Waals surface area (Å²) in [6, 6.07) is 0.498. The number of amides is 1. The Morgan fingerprint density at radius 3 is 2.67 bits per heavy atom. The molecule has 1 amide bonds. The molecule has 9 heteroatoms. The number of esters is 1. The van der Waals surface area contributed by atoms with Gasteiger partial charge in [0.25, 0.3) is 5.91 Å². The average Bonchev–Trinajstić information content (AvgIpc) is 3.43. The molecule has 1 aliphatic carbocycles. The van der Waals surface area contributed by atoms with Crippen LogP contribution in [-0.2, 0) is 11.2 Å². The molecule has 2 aromatic heterocycles. The van der Waals surface area contributed by atoms with Crippen LogP contribution in [0.15, 0.2) is 5.16 Å². The lowest BCUT2D eigenvalue weighted by Crippen LogP contribution is -2.26. The van der Waals surface area contributed by atoms with Gasteiger partial charge in [-0.15, -0.1) is 10.2 Å². The molecule has 0 atom stereocenters. The van der Waals surface area contributed by atoms with Crippen LogP contribution in [0, 0.1) is 13.8 Å². The molecule has 8 nitrogen and oxygen atoms in total. The van der Waals surface area contributed by atoms with E-state index in [0.717, 1.165) is 23.8 Å². The molecule has 0 radical (unpaired) electrons. The van der Waals surface area contributed by atoms with Gasteiger partial charge < -0.3 is 19.6 Å². The van der Waals surface area contributed by atoms with Crippen molar-refractivity contribution in [1.82, 2.24) is 25.1 Å². The molecule has 2 heterocycles. The van der Waals surface area contributed by atoms with Gasteiger partial charge in [-0.05, 0) is 51.9 Å². The molecule has 30 heavy (non-hydrogen) atoms. The van der Waals surface area contributed by atoms with E-state index in [1.807, 2.05) is 6.26 Å². The maximum Gasteiger partial charge on any atom is 0.340 e. The van der Waals surface area contributed by atoms with Crippen LogP contribution in [0.1, 0.15) is 83.0 Å². The largest absolute Gasteiger partial charge is 0.462 e. The van der Waals surface area contributed by atoms with Gasteiger partial charge in [-0.3, -0.25) is 4.79 Å². The van der Waals surface area contributed by atoms with E-state index in [9.17, 15) is 9.59 Å². The van der Waals surface area contributed by atoms with Crippen molar-refractivity contribution in [1.29, 1.82) is 0 Å². The Balaban J connectivity index is 1.58. The van der Waals surface area contributed by atoms with Crippen LogP contribution in [0.2, 0.25) is 0 Å². The molecule has 0 aliphatic heterocycles. The molecule has 1 aliphatic rings. The van der Waals surface area contributed by atoms with E-state index in [0.29, 0.717) is 41.7 Å². The number of hydrogen-bond donors (Lipinski definition) is 2. The van der Waals surface area contributed by atoms with E-state index in [2.05, 4.69) is 25.1 Å². The quantitative estimate of drug-likeness (QED) is 0.356. The van der Waals surface area contributed by atoms with Crippen molar-refractivity contribution >= 4 is 23.6 Å². The monoisotopic (exact) mass is 433 g/mol. The summed E-state index contributed by atoms with van der Waals surface area (Å²) in [5.74, 6) is 0.379. The minimum Gasteiger partial charge on any atom is -0.462 e. The second-order valence-corrected chi connectivity index (χ2v) is 8.39. The minimum absolute atomic E-state index is 0.215. The van der Waals surface area contributed by atoms with Crippen molar-refractivity contribution in [2.24, 2.45) is 0 Å². The van der Waals surface area contributed by atoms with E-state index in [-0.39, 0.29) is 5.91 Å². The summed E-state index contributed by atoms with van der Waals surface area (Å²) in [7, 11) is 0. The first-order chi connectivity index (χ1) is 14.5. The van der Waals surface area contributed by atoms with Gasteiger partial charge in [0.05, 0.1) is 12.2 Å². The van der Waals surface area contributed by atoms with Crippen molar-refractivity contribution in [3.05, 3.63) is 28.3 Å². The van der Waals surface area contributed by atoms with Crippen molar-refractivity contribution < 1.29 is 14.3 Å². The van der Waals surface area contributed by atoms with Gasteiger partial charge in [0.2, 0.25) is 0 Å². The molecule has 0 aromatic carbocycles. The van der Waals surface area contributed by atoms with Crippen LogP contribution >= 0.6 is 11.8 Å². The van der Waals surface area contributed by atoms with Crippen molar-refractivity contribution in [3.8, 4) is 0 Å². The van der Waals surface area contributed by atoms with Crippen molar-refractivity contribution in [2.45, 2.75) is 70.5 Å². The third-order valence-corrected chi connectivity index (χ3v) is 6.26. The first kappa shape index (κ1) is 22.4. The number of thioether (sulfide) groups is 1. The summed E-state index contributed by atoms with van der Waals surface area (Å²) in [6.07, 6.45) is 8.46. The minimum atomic E-state index is -0.404. The highest BCUT2D eigenvalue weighted by Gasteiger charge is 2.24. The Kier molecular flexibility index (Phi) is 7.58. The summed E-state index contributed by atoms with van der Waals surface area (Å²) in [5, 5.41) is 12.7. The number of nitrogens with one attached hydrogen (secondary N) is 2. The first-order valence-electron chi connectivity index (χ1n) is 10.6. The summed E-state index contributed by atoms with van der Waals surface area (Å²) in [4.78, 5) is 27.8. The molecule has 0 spiro atoms. The van der Waals surface area contributed by atoms with E-state index in [1.165, 1.54) is 25.7 Å². The lowest BCUT2D eigenvalue weighted by molar-refractivity contribution is 0.0525. The highest BCUT2D eigenvalue weighted by Crippen LogP contribution is 2.33. The zero-order valence-electron chi connectivity index (χ0n) is 18.2. The smallest absolute Gasteiger partial charge is 0.340 e. The lowest BCUT2D eigenvalue weighted by atomic mass is 10.1. The van der Waals surface area contributed by atoms with E-state index in [4.69, 9.17) is 4.74 Å². The topological polar surface area (TPSA) is 102 Å². The highest BCUT2D eigenvalue weighted by atomic mass is 32.2. The number of H-pyrrole nitrogens is 1. The predicted octanol–water partition coefficient (Wildman–Crippen LogP) is 3.60. The number of nitrogens with zero attached hydrogens (tertiary/aromatic N) is 3. The van der Waals surface area contributed by atoms with Gasteiger partial charge in [-0.25, -0.2) is 4.79 Å². The number of hydrogen-bond acceptors (Lipinski definition) is 6. The van der Waals surface area contributed by atoms with Crippen LogP contribution < -0.4 is 5.32 Å². The maximum absolute atomic E-state index is 12.6. The number of rotatable bonds is 9. The molecule has 0 bridgehead atoms. The predicted molar refractivity (Wildman–Crippen MR) is 116 cm³/mol. The molecule has 1 saturated carbocycles. The number of ether oxygens (including phenoxy) is 1. The van der Waals surface area contributed by atoms with Crippen LogP contribution in [-0.4, -0.2) is 51.0 Å². The van der Waals surface area contributed by atoms with Crippen LogP contribution in [0.4, 0.5) is 0 Å². The molecule has 0 saturated heterocycles. The molecule has 0 unspecified atom stereocenters. The van der Waals surface area contributed by atoms with Gasteiger partial charge in [-0.2, -0.15) is 0 Å². The van der Waals surface area contributed by atoms with Crippen molar-refractivity contribution in [3.63, 3.8) is 0 Å². The van der Waals surface area contributed by atoms with E-state index in [1.54, 1.807) is 32.5 Å². The maximum atomic E-state index is 12.6. The van der Waals surface area contributed by atoms with Crippen molar-refractivity contribution in [2.75, 3.05) is 19.4 Å². The number of aryl methyl sites for hydroxylation is 2. The molecule has 1 fully saturated rings. The summed E-state index contributed by atoms with van der Waals surface area (Å²) >= 11 is 1.63. The zero-order chi connectivity index (χ0) is 21.7. The molecule has 3 rings (SSSR count). The molecule has 2 N–H and O–H groups in total. The fourth-order valence-electron chi connectivity index (χ4n) is 4.17. The number of aromatic amines is 1. The summed E-state index contributed by atoms with van der Waals surface area (Å²) < 4.78 is 7.38.